The summed E-state index contributed by atoms with van der Waals surface area (Å²) in [5.41, 5.74) is 2.65. The van der Waals surface area contributed by atoms with Gasteiger partial charge >= 0.3 is 0 Å². The van der Waals surface area contributed by atoms with Crippen LogP contribution in [0.15, 0.2) is 28.7 Å². The number of nitrogens with one attached hydrogen (secondary N) is 1. The van der Waals surface area contributed by atoms with E-state index >= 15 is 0 Å². The normalized spacial score (nSPS) is 29.7. The van der Waals surface area contributed by atoms with Gasteiger partial charge in [0.15, 0.2) is 11.4 Å². The van der Waals surface area contributed by atoms with Crippen LogP contribution in [0, 0.1) is 11.8 Å². The van der Waals surface area contributed by atoms with Crippen LogP contribution in [-0.2, 0) is 22.6 Å². The van der Waals surface area contributed by atoms with E-state index in [0.29, 0.717) is 28.7 Å². The van der Waals surface area contributed by atoms with Crippen LogP contribution in [0.3, 0.4) is 0 Å². The number of hydrogen-bond donors (Lipinski definition) is 6. The number of Topliss-reactive ketones (excluding diaryl/α,β-unsaturated/α-hetero) is 2. The van der Waals surface area contributed by atoms with E-state index in [2.05, 4.69) is 5.32 Å². The van der Waals surface area contributed by atoms with Crippen LogP contribution < -0.4 is 11.1 Å². The number of aromatic hydroxyl groups is 1. The number of allylic oxidation sites excluding steroid dienone is 1. The number of halogens is 1. The Balaban J connectivity index is 1.62. The quantitative estimate of drug-likeness (QED) is 0.307. The standard InChI is InChI=1S/C26H30ClN3O7/c1-30(2)20-14-7-10-6-13-17(15(31)8-11(19(13)27)9-29-12-4-3-5-12)21(32)16(10)23(34)26(14,37)24(35)18(22(20)33)25(28)36/h8,10,12,14,20,29,31,33-34,37H,3-7,9H2,1-2H3,(H2,28,36)/t10-,14-,20-,26-/m0/s1. The van der Waals surface area contributed by atoms with E-state index in [4.69, 9.17) is 17.3 Å². The number of ketones is 2. The van der Waals surface area contributed by atoms with Gasteiger partial charge in [0, 0.05) is 29.1 Å². The molecule has 0 aliphatic heterocycles. The predicted molar refractivity (Wildman–Crippen MR) is 133 cm³/mol. The van der Waals surface area contributed by atoms with E-state index in [1.54, 1.807) is 14.1 Å². The number of likely N-dealkylation sites (N-methyl/N-ethyl adjacent to an activating group) is 1. The van der Waals surface area contributed by atoms with Crippen molar-refractivity contribution in [2.45, 2.75) is 56.3 Å². The third-order valence-electron chi connectivity index (χ3n) is 8.42. The topological polar surface area (TPSA) is 173 Å². The predicted octanol–water partition coefficient (Wildman–Crippen LogP) is 1.42. The number of hydrogen-bond acceptors (Lipinski definition) is 9. The zero-order valence-corrected chi connectivity index (χ0v) is 21.3. The number of fused-ring (bicyclic) bond motifs is 3. The summed E-state index contributed by atoms with van der Waals surface area (Å²) in [6, 6.07) is 0.770. The molecule has 0 bridgehead atoms. The number of aliphatic hydroxyl groups excluding tert-OH is 2. The molecule has 4 atom stereocenters. The number of primary amides is 1. The minimum Gasteiger partial charge on any atom is -0.510 e. The molecule has 4 aliphatic carbocycles. The Morgan fingerprint density at radius 2 is 1.92 bits per heavy atom. The highest BCUT2D eigenvalue weighted by Crippen LogP contribution is 2.53. The number of amides is 1. The summed E-state index contributed by atoms with van der Waals surface area (Å²) in [6.07, 6.45) is 3.48. The molecule has 0 unspecified atom stereocenters. The van der Waals surface area contributed by atoms with Crippen molar-refractivity contribution in [2.75, 3.05) is 14.1 Å². The van der Waals surface area contributed by atoms with Gasteiger partial charge in [0.2, 0.25) is 5.78 Å². The maximum absolute atomic E-state index is 13.6. The van der Waals surface area contributed by atoms with Crippen molar-refractivity contribution in [3.63, 3.8) is 0 Å². The van der Waals surface area contributed by atoms with Crippen LogP contribution >= 0.6 is 11.6 Å². The van der Waals surface area contributed by atoms with Crippen molar-refractivity contribution in [3.05, 3.63) is 50.4 Å². The zero-order valence-electron chi connectivity index (χ0n) is 20.5. The fourth-order valence-corrected chi connectivity index (χ4v) is 6.64. The summed E-state index contributed by atoms with van der Waals surface area (Å²) in [5, 5.41) is 48.3. The van der Waals surface area contributed by atoms with Gasteiger partial charge in [-0.2, -0.15) is 0 Å². The molecule has 5 rings (SSSR count). The summed E-state index contributed by atoms with van der Waals surface area (Å²) >= 11 is 6.73. The monoisotopic (exact) mass is 531 g/mol. The number of phenolic OH excluding ortho intramolecular Hbond substituents is 1. The van der Waals surface area contributed by atoms with Crippen molar-refractivity contribution in [1.82, 2.24) is 10.2 Å². The average molecular weight is 532 g/mol. The summed E-state index contributed by atoms with van der Waals surface area (Å²) in [7, 11) is 3.17. The molecule has 4 aliphatic rings. The third-order valence-corrected chi connectivity index (χ3v) is 8.89. The number of rotatable bonds is 5. The van der Waals surface area contributed by atoms with Gasteiger partial charge < -0.3 is 31.5 Å². The lowest BCUT2D eigenvalue weighted by atomic mass is 9.58. The summed E-state index contributed by atoms with van der Waals surface area (Å²) < 4.78 is 0. The van der Waals surface area contributed by atoms with E-state index in [0.717, 1.165) is 19.3 Å². The maximum atomic E-state index is 13.6. The van der Waals surface area contributed by atoms with Crippen molar-refractivity contribution in [2.24, 2.45) is 17.6 Å². The third kappa shape index (κ3) is 3.61. The van der Waals surface area contributed by atoms with Crippen LogP contribution in [0.5, 0.6) is 5.75 Å². The fraction of sp³-hybridized carbons (Fsp3) is 0.500. The highest BCUT2D eigenvalue weighted by atomic mass is 35.5. The minimum atomic E-state index is -2.66. The number of nitrogens with zero attached hydrogens (tertiary/aromatic N) is 1. The van der Waals surface area contributed by atoms with Crippen LogP contribution in [0.25, 0.3) is 0 Å². The minimum absolute atomic E-state index is 0.0212. The van der Waals surface area contributed by atoms with Crippen molar-refractivity contribution >= 4 is 29.1 Å². The molecule has 0 saturated heterocycles. The zero-order chi connectivity index (χ0) is 27.0. The Labute approximate surface area is 218 Å². The maximum Gasteiger partial charge on any atom is 0.255 e. The van der Waals surface area contributed by atoms with Crippen molar-refractivity contribution < 1.29 is 34.8 Å². The van der Waals surface area contributed by atoms with Crippen LogP contribution in [0.1, 0.15) is 47.2 Å². The van der Waals surface area contributed by atoms with Gasteiger partial charge in [-0.15, -0.1) is 0 Å². The van der Waals surface area contributed by atoms with E-state index < -0.39 is 58.0 Å². The summed E-state index contributed by atoms with van der Waals surface area (Å²) in [4.78, 5) is 40.5. The lowest BCUT2D eigenvalue weighted by Gasteiger charge is -2.50. The molecular weight excluding hydrogens is 502 g/mol. The molecule has 1 aromatic rings. The van der Waals surface area contributed by atoms with Crippen molar-refractivity contribution in [3.8, 4) is 5.75 Å². The first-order valence-electron chi connectivity index (χ1n) is 12.3. The Bertz CT molecular complexity index is 1300. The highest BCUT2D eigenvalue weighted by molar-refractivity contribution is 6.33. The van der Waals surface area contributed by atoms with Gasteiger partial charge in [-0.1, -0.05) is 18.0 Å². The molecule has 1 aromatic carbocycles. The molecule has 1 amide bonds. The Morgan fingerprint density at radius 1 is 1.24 bits per heavy atom. The van der Waals surface area contributed by atoms with Crippen LogP contribution in [0.2, 0.25) is 5.02 Å². The smallest absolute Gasteiger partial charge is 0.255 e. The van der Waals surface area contributed by atoms with E-state index in [1.807, 2.05) is 0 Å². The van der Waals surface area contributed by atoms with Gasteiger partial charge in [0.05, 0.1) is 11.6 Å². The number of carbonyl (C=O) groups excluding carboxylic acids is 3. The molecule has 1 saturated carbocycles. The molecule has 1 fully saturated rings. The van der Waals surface area contributed by atoms with E-state index in [1.165, 1.54) is 11.0 Å². The number of nitrogens with two attached hydrogens (primary N) is 1. The van der Waals surface area contributed by atoms with Gasteiger partial charge in [-0.25, -0.2) is 0 Å². The molecule has 0 radical (unpaired) electrons. The first-order valence-corrected chi connectivity index (χ1v) is 12.7. The number of phenols is 1. The second kappa shape index (κ2) is 8.83. The molecule has 0 spiro atoms. The molecule has 37 heavy (non-hydrogen) atoms. The molecule has 198 valence electrons. The molecule has 0 heterocycles. The first kappa shape index (κ1) is 25.7. The van der Waals surface area contributed by atoms with E-state index in [-0.39, 0.29) is 29.7 Å². The highest BCUT2D eigenvalue weighted by Gasteiger charge is 2.63. The Kier molecular flexibility index (Phi) is 6.14. The van der Waals surface area contributed by atoms with Crippen molar-refractivity contribution in [1.29, 1.82) is 0 Å². The largest absolute Gasteiger partial charge is 0.510 e. The lowest BCUT2D eigenvalue weighted by molar-refractivity contribution is -0.148. The molecule has 7 N–H and O–H groups in total. The number of carbonyl (C=O) groups is 3. The van der Waals surface area contributed by atoms with Crippen LogP contribution in [-0.4, -0.2) is 74.6 Å². The molecule has 11 heteroatoms. The molecule has 0 aromatic heterocycles. The second-order valence-electron chi connectivity index (χ2n) is 10.7. The lowest BCUT2D eigenvalue weighted by Crippen LogP contribution is -2.63. The first-order chi connectivity index (χ1) is 17.4. The Hall–Kier alpha value is -2.92. The molecular formula is C26H30ClN3O7. The van der Waals surface area contributed by atoms with Gasteiger partial charge in [-0.3, -0.25) is 19.3 Å². The average Bonchev–Trinajstić information content (AvgIpc) is 2.77. The summed E-state index contributed by atoms with van der Waals surface area (Å²) in [5.74, 6) is -6.79. The van der Waals surface area contributed by atoms with E-state index in [9.17, 15) is 34.8 Å². The second-order valence-corrected chi connectivity index (χ2v) is 11.1. The van der Waals surface area contributed by atoms with Gasteiger partial charge in [0.1, 0.15) is 22.8 Å². The molecule has 10 nitrogen and oxygen atoms in total. The Morgan fingerprint density at radius 3 is 2.49 bits per heavy atom. The van der Waals surface area contributed by atoms with Gasteiger partial charge in [-0.05, 0) is 62.9 Å². The summed E-state index contributed by atoms with van der Waals surface area (Å²) in [6.45, 7) is 0.422. The number of aliphatic hydroxyl groups is 3. The SMILES string of the molecule is CN(C)[C@@H]1C(O)=C(C(N)=O)C(=O)[C@@]2(O)C(O)=C3C(=O)c4c(O)cc(CNC5CCC5)c(Cl)c4C[C@H]3C[C@@H]12. The van der Waals surface area contributed by atoms with Crippen LogP contribution in [0.4, 0.5) is 0 Å². The number of benzene rings is 1. The fourth-order valence-electron chi connectivity index (χ4n) is 6.35. The van der Waals surface area contributed by atoms with Gasteiger partial charge in [0.25, 0.3) is 5.91 Å².